The summed E-state index contributed by atoms with van der Waals surface area (Å²) in [5.41, 5.74) is 3.12. The lowest BCUT2D eigenvalue weighted by molar-refractivity contribution is 0.650. The quantitative estimate of drug-likeness (QED) is 0.393. The van der Waals surface area contributed by atoms with E-state index in [2.05, 4.69) is 31.7 Å². The largest absolute Gasteiger partial charge is 0.318 e. The lowest BCUT2D eigenvalue weighted by atomic mass is 10.1. The fourth-order valence-electron chi connectivity index (χ4n) is 2.17. The first-order valence-corrected chi connectivity index (χ1v) is 8.49. The molecule has 21 heavy (non-hydrogen) atoms. The van der Waals surface area contributed by atoms with Crippen LogP contribution in [0.4, 0.5) is 5.69 Å². The average Bonchev–Trinajstić information content (AvgIpc) is 3.10. The van der Waals surface area contributed by atoms with Crippen LogP contribution in [0.1, 0.15) is 5.56 Å². The van der Waals surface area contributed by atoms with Gasteiger partial charge in [-0.2, -0.15) is 5.26 Å². The minimum atomic E-state index is 0.591. The Balaban J connectivity index is 1.87. The van der Waals surface area contributed by atoms with Crippen LogP contribution in [-0.4, -0.2) is 34.6 Å². The summed E-state index contributed by atoms with van der Waals surface area (Å²) in [6.45, 7) is 1.80. The molecular formula is C14H13N5S2. The third-order valence-corrected chi connectivity index (χ3v) is 4.58. The Kier molecular flexibility index (Phi) is 4.18. The molecule has 2 aliphatic heterocycles. The van der Waals surface area contributed by atoms with E-state index in [-0.39, 0.29) is 0 Å². The smallest absolute Gasteiger partial charge is 0.183 e. The summed E-state index contributed by atoms with van der Waals surface area (Å²) in [6, 6.07) is 8.02. The first-order chi connectivity index (χ1) is 10.3. The van der Waals surface area contributed by atoms with E-state index in [1.54, 1.807) is 11.8 Å². The van der Waals surface area contributed by atoms with Gasteiger partial charge in [-0.1, -0.05) is 35.7 Å². The van der Waals surface area contributed by atoms with Gasteiger partial charge in [0.2, 0.25) is 0 Å². The van der Waals surface area contributed by atoms with Gasteiger partial charge in [0.05, 0.1) is 17.9 Å². The fourth-order valence-corrected chi connectivity index (χ4v) is 3.48. The summed E-state index contributed by atoms with van der Waals surface area (Å²) >= 11 is 3.08. The molecule has 0 spiro atoms. The molecule has 0 bridgehead atoms. The Morgan fingerprint density at radius 2 is 2.48 bits per heavy atom. The molecule has 0 aromatic heterocycles. The second-order valence-electron chi connectivity index (χ2n) is 4.35. The number of hydrogen-bond acceptors (Lipinski definition) is 6. The number of nitriles is 1. The van der Waals surface area contributed by atoms with Crippen molar-refractivity contribution in [3.8, 4) is 6.19 Å². The molecule has 7 heteroatoms. The predicted octanol–water partition coefficient (Wildman–Crippen LogP) is 2.82. The van der Waals surface area contributed by atoms with Crippen molar-refractivity contribution < 1.29 is 0 Å². The van der Waals surface area contributed by atoms with Crippen molar-refractivity contribution >= 4 is 45.2 Å². The standard InChI is InChI=1S/C14H13N5S2/c1-20-13(17-9-15)18-11-4-2-3-10(7-11)12-8-21-14-16-5-6-19(12)14/h2-4,7-8H,5-6H2,1H3,(H,17,18). The number of nitrogens with zero attached hydrogens (tertiary/aromatic N) is 4. The van der Waals surface area contributed by atoms with Gasteiger partial charge in [0, 0.05) is 17.5 Å². The molecule has 1 aromatic rings. The normalized spacial score (nSPS) is 17.1. The van der Waals surface area contributed by atoms with Crippen molar-refractivity contribution in [2.45, 2.75) is 0 Å². The highest BCUT2D eigenvalue weighted by Crippen LogP contribution is 2.36. The van der Waals surface area contributed by atoms with Crippen LogP contribution in [0, 0.1) is 11.5 Å². The Bertz CT molecular complexity index is 687. The molecule has 0 atom stereocenters. The van der Waals surface area contributed by atoms with Crippen LogP contribution in [0.2, 0.25) is 0 Å². The Labute approximate surface area is 131 Å². The second kappa shape index (κ2) is 6.24. The highest BCUT2D eigenvalue weighted by molar-refractivity contribution is 8.16. The summed E-state index contributed by atoms with van der Waals surface area (Å²) in [6.07, 6.45) is 3.78. The highest BCUT2D eigenvalue weighted by atomic mass is 32.2. The third kappa shape index (κ3) is 2.91. The molecule has 0 saturated heterocycles. The molecule has 0 unspecified atom stereocenters. The number of rotatable bonds is 2. The molecule has 2 heterocycles. The summed E-state index contributed by atoms with van der Waals surface area (Å²) < 4.78 is 0. The zero-order valence-electron chi connectivity index (χ0n) is 11.4. The van der Waals surface area contributed by atoms with Crippen molar-refractivity contribution in [3.63, 3.8) is 0 Å². The summed E-state index contributed by atoms with van der Waals surface area (Å²) in [7, 11) is 0. The molecule has 1 N–H and O–H groups in total. The average molecular weight is 315 g/mol. The van der Waals surface area contributed by atoms with Gasteiger partial charge in [-0.15, -0.1) is 0 Å². The van der Waals surface area contributed by atoms with Gasteiger partial charge in [-0.05, 0) is 18.4 Å². The first-order valence-electron chi connectivity index (χ1n) is 6.39. The number of fused-ring (bicyclic) bond motifs is 1. The summed E-state index contributed by atoms with van der Waals surface area (Å²) in [5, 5.41) is 15.1. The van der Waals surface area contributed by atoms with E-state index in [1.807, 2.05) is 30.6 Å². The molecule has 3 rings (SSSR count). The summed E-state index contributed by atoms with van der Waals surface area (Å²) in [5.74, 6) is 0. The molecular weight excluding hydrogens is 302 g/mol. The molecule has 0 saturated carbocycles. The van der Waals surface area contributed by atoms with Crippen molar-refractivity contribution in [1.82, 2.24) is 10.2 Å². The van der Waals surface area contributed by atoms with Crippen molar-refractivity contribution in [2.24, 2.45) is 9.98 Å². The SMILES string of the molecule is CSC(=Nc1cccc(C2=CSC3=NCCN23)c1)NC#N. The van der Waals surface area contributed by atoms with Gasteiger partial charge in [0.1, 0.15) is 0 Å². The minimum absolute atomic E-state index is 0.591. The van der Waals surface area contributed by atoms with Crippen molar-refractivity contribution in [1.29, 1.82) is 5.26 Å². The maximum absolute atomic E-state index is 8.69. The van der Waals surface area contributed by atoms with Crippen LogP contribution >= 0.6 is 23.5 Å². The number of benzene rings is 1. The number of amidine groups is 2. The monoisotopic (exact) mass is 315 g/mol. The molecule has 0 radical (unpaired) electrons. The zero-order valence-corrected chi connectivity index (χ0v) is 13.0. The maximum atomic E-state index is 8.69. The zero-order chi connectivity index (χ0) is 14.7. The van der Waals surface area contributed by atoms with Crippen LogP contribution in [0.3, 0.4) is 0 Å². The van der Waals surface area contributed by atoms with Crippen LogP contribution < -0.4 is 5.32 Å². The highest BCUT2D eigenvalue weighted by Gasteiger charge is 2.26. The molecule has 0 amide bonds. The van der Waals surface area contributed by atoms with Gasteiger partial charge in [0.15, 0.2) is 16.5 Å². The van der Waals surface area contributed by atoms with E-state index in [0.29, 0.717) is 5.17 Å². The second-order valence-corrected chi connectivity index (χ2v) is 5.98. The maximum Gasteiger partial charge on any atom is 0.183 e. The van der Waals surface area contributed by atoms with Crippen LogP contribution in [0.25, 0.3) is 5.70 Å². The Morgan fingerprint density at radius 1 is 1.57 bits per heavy atom. The predicted molar refractivity (Wildman–Crippen MR) is 90.4 cm³/mol. The van der Waals surface area contributed by atoms with E-state index in [1.165, 1.54) is 17.5 Å². The van der Waals surface area contributed by atoms with Crippen molar-refractivity contribution in [2.75, 3.05) is 19.3 Å². The molecule has 2 aliphatic rings. The fraction of sp³-hybridized carbons (Fsp3) is 0.214. The van der Waals surface area contributed by atoms with E-state index < -0.39 is 0 Å². The first kappa shape index (κ1) is 14.0. The van der Waals surface area contributed by atoms with E-state index in [0.717, 1.165) is 29.5 Å². The van der Waals surface area contributed by atoms with Crippen LogP contribution in [0.15, 0.2) is 39.7 Å². The van der Waals surface area contributed by atoms with Crippen LogP contribution in [-0.2, 0) is 0 Å². The molecule has 0 aliphatic carbocycles. The number of nitrogens with one attached hydrogen (secondary N) is 1. The van der Waals surface area contributed by atoms with Crippen LogP contribution in [0.5, 0.6) is 0 Å². The van der Waals surface area contributed by atoms with E-state index in [4.69, 9.17) is 5.26 Å². The lowest BCUT2D eigenvalue weighted by Gasteiger charge is -2.16. The number of hydrogen-bond donors (Lipinski definition) is 1. The van der Waals surface area contributed by atoms with Gasteiger partial charge in [0.25, 0.3) is 0 Å². The minimum Gasteiger partial charge on any atom is -0.318 e. The lowest BCUT2D eigenvalue weighted by Crippen LogP contribution is -2.19. The molecule has 1 aromatic carbocycles. The topological polar surface area (TPSA) is 63.8 Å². The van der Waals surface area contributed by atoms with Gasteiger partial charge >= 0.3 is 0 Å². The van der Waals surface area contributed by atoms with Gasteiger partial charge in [-0.25, -0.2) is 4.99 Å². The third-order valence-electron chi connectivity index (χ3n) is 3.10. The number of aliphatic imine (C=N–C) groups is 2. The summed E-state index contributed by atoms with van der Waals surface area (Å²) in [4.78, 5) is 11.1. The van der Waals surface area contributed by atoms with Gasteiger partial charge in [-0.3, -0.25) is 10.3 Å². The molecule has 5 nitrogen and oxygen atoms in total. The van der Waals surface area contributed by atoms with Gasteiger partial charge < -0.3 is 4.90 Å². The molecule has 0 fully saturated rings. The Morgan fingerprint density at radius 3 is 3.29 bits per heavy atom. The van der Waals surface area contributed by atoms with E-state index >= 15 is 0 Å². The van der Waals surface area contributed by atoms with E-state index in [9.17, 15) is 0 Å². The molecule has 106 valence electrons. The number of thioether (sulfide) groups is 2. The Hall–Kier alpha value is -1.91. The van der Waals surface area contributed by atoms with Crippen molar-refractivity contribution in [3.05, 3.63) is 35.2 Å².